The molecule has 3 aliphatic rings. The Hall–Kier alpha value is -2.67. The van der Waals surface area contributed by atoms with Crippen LogP contribution in [0.3, 0.4) is 0 Å². The lowest BCUT2D eigenvalue weighted by Crippen LogP contribution is -2.59. The van der Waals surface area contributed by atoms with E-state index in [-0.39, 0.29) is 195 Å². The van der Waals surface area contributed by atoms with E-state index in [1.54, 1.807) is 0 Å². The standard InChI is InChI=1S/C50H93N3O30/c1-50(29-75-8-2-35(57)51-5-11-69-14-17-72-20-23-78-47-44(66)41(63)38(60)32(26-54)81-47,30-76-9-3-36(58)52-6-12-70-15-18-73-21-24-79-48-45(67)42(64)39(61)33(27-55)82-48)31-77-10-4-37(59)53-7-13-71-16-19-74-22-25-80-49-46(68)43(65)40(62)34(28-56)83-49/h32-34,38-49,54-56,60-68H,2-31H2,1H3,(H,51,57)(H,52,58)(H,53,59)/t32?,33?,34?,38-,39-,40-,41?,42?,43?,44?,45?,46?,47+,48+,49+,50?/m1/s1. The third-order valence-corrected chi connectivity index (χ3v) is 12.7. The van der Waals surface area contributed by atoms with Crippen molar-refractivity contribution in [1.82, 2.24) is 16.0 Å². The van der Waals surface area contributed by atoms with Gasteiger partial charge in [0.25, 0.3) is 0 Å². The van der Waals surface area contributed by atoms with Gasteiger partial charge < -0.3 is 148 Å². The van der Waals surface area contributed by atoms with Crippen molar-refractivity contribution in [3.05, 3.63) is 0 Å². The van der Waals surface area contributed by atoms with E-state index < -0.39 is 117 Å². The average Bonchev–Trinajstić information content (AvgIpc) is 3.66. The highest BCUT2D eigenvalue weighted by atomic mass is 16.7. The second-order valence-electron chi connectivity index (χ2n) is 19.6. The second-order valence-corrected chi connectivity index (χ2v) is 19.6. The summed E-state index contributed by atoms with van der Waals surface area (Å²) in [4.78, 5) is 37.5. The molecule has 3 saturated heterocycles. The molecular weight excluding hydrogens is 1120 g/mol. The predicted octanol–water partition coefficient (Wildman–Crippen LogP) is -8.89. The van der Waals surface area contributed by atoms with E-state index in [4.69, 9.17) is 71.1 Å². The third-order valence-electron chi connectivity index (χ3n) is 12.7. The van der Waals surface area contributed by atoms with Gasteiger partial charge in [0.1, 0.15) is 73.2 Å². The molecule has 3 fully saturated rings. The molecule has 3 rings (SSSR count). The van der Waals surface area contributed by atoms with E-state index in [2.05, 4.69) is 16.0 Å². The largest absolute Gasteiger partial charge is 0.394 e. The molecule has 0 aromatic rings. The highest BCUT2D eigenvalue weighted by molar-refractivity contribution is 5.76. The van der Waals surface area contributed by atoms with Crippen LogP contribution in [-0.4, -0.2) is 349 Å². The lowest BCUT2D eigenvalue weighted by Gasteiger charge is -2.39. The van der Waals surface area contributed by atoms with E-state index in [1.807, 2.05) is 6.92 Å². The van der Waals surface area contributed by atoms with Crippen molar-refractivity contribution in [3.63, 3.8) is 0 Å². The van der Waals surface area contributed by atoms with Crippen molar-refractivity contribution in [1.29, 1.82) is 0 Å². The van der Waals surface area contributed by atoms with Crippen LogP contribution in [-0.2, 0) is 85.4 Å². The lowest BCUT2D eigenvalue weighted by molar-refractivity contribution is -0.302. The Kier molecular flexibility index (Phi) is 39.4. The van der Waals surface area contributed by atoms with Gasteiger partial charge in [0, 0.05) is 44.3 Å². The summed E-state index contributed by atoms with van der Waals surface area (Å²) in [5.41, 5.74) is -0.755. The first-order chi connectivity index (χ1) is 40.0. The molecule has 3 heterocycles. The Labute approximate surface area is 481 Å². The van der Waals surface area contributed by atoms with Crippen LogP contribution >= 0.6 is 0 Å². The highest BCUT2D eigenvalue weighted by Crippen LogP contribution is 2.25. The Morgan fingerprint density at radius 3 is 0.831 bits per heavy atom. The normalized spacial score (nSPS) is 29.1. The number of carbonyl (C=O) groups excluding carboxylic acids is 3. The van der Waals surface area contributed by atoms with Gasteiger partial charge in [-0.15, -0.1) is 0 Å². The van der Waals surface area contributed by atoms with Crippen molar-refractivity contribution < 1.29 is 147 Å². The second kappa shape index (κ2) is 43.9. The van der Waals surface area contributed by atoms with Gasteiger partial charge in [-0.3, -0.25) is 14.4 Å². The van der Waals surface area contributed by atoms with Crippen LogP contribution in [0.15, 0.2) is 0 Å². The van der Waals surface area contributed by atoms with Gasteiger partial charge in [-0.05, 0) is 0 Å². The predicted molar refractivity (Wildman–Crippen MR) is 278 cm³/mol. The van der Waals surface area contributed by atoms with E-state index in [0.29, 0.717) is 0 Å². The molecular formula is C50H93N3O30. The van der Waals surface area contributed by atoms with Gasteiger partial charge in [-0.25, -0.2) is 0 Å². The molecule has 15 atom stereocenters. The molecule has 0 saturated carbocycles. The quantitative estimate of drug-likeness (QED) is 0.0252. The van der Waals surface area contributed by atoms with E-state index in [9.17, 15) is 75.7 Å². The Morgan fingerprint density at radius 2 is 0.578 bits per heavy atom. The van der Waals surface area contributed by atoms with E-state index >= 15 is 0 Å². The summed E-state index contributed by atoms with van der Waals surface area (Å²) in [5.74, 6) is -0.847. The maximum Gasteiger partial charge on any atom is 0.222 e. The number of carbonyl (C=O) groups is 3. The summed E-state index contributed by atoms with van der Waals surface area (Å²) in [7, 11) is 0. The van der Waals surface area contributed by atoms with Gasteiger partial charge >= 0.3 is 0 Å². The number of aliphatic hydroxyl groups is 12. The fraction of sp³-hybridized carbons (Fsp3) is 0.940. The summed E-state index contributed by atoms with van der Waals surface area (Å²) in [6.07, 6.45) is -20.5. The summed E-state index contributed by atoms with van der Waals surface area (Å²) in [6.45, 7) is 3.37. The molecule has 9 unspecified atom stereocenters. The molecule has 15 N–H and O–H groups in total. The molecule has 3 amide bonds. The summed E-state index contributed by atoms with van der Waals surface area (Å²) in [6, 6.07) is 0. The highest BCUT2D eigenvalue weighted by Gasteiger charge is 2.46. The third kappa shape index (κ3) is 29.7. The number of rotatable bonds is 48. The minimum atomic E-state index is -1.55. The fourth-order valence-electron chi connectivity index (χ4n) is 7.88. The molecule has 3 aliphatic heterocycles. The summed E-state index contributed by atoms with van der Waals surface area (Å²) < 4.78 is 82.2. The number of ether oxygens (including phenoxy) is 15. The maximum atomic E-state index is 12.5. The van der Waals surface area contributed by atoms with Crippen molar-refractivity contribution in [3.8, 4) is 0 Å². The minimum absolute atomic E-state index is 0.0108. The van der Waals surface area contributed by atoms with Gasteiger partial charge in [0.15, 0.2) is 18.9 Å². The van der Waals surface area contributed by atoms with Gasteiger partial charge in [-0.2, -0.15) is 0 Å². The molecule has 0 bridgehead atoms. The van der Waals surface area contributed by atoms with Crippen LogP contribution in [0, 0.1) is 5.41 Å². The molecule has 0 aromatic carbocycles. The Morgan fingerprint density at radius 1 is 0.337 bits per heavy atom. The van der Waals surface area contributed by atoms with Gasteiger partial charge in [-0.1, -0.05) is 6.92 Å². The maximum absolute atomic E-state index is 12.5. The van der Waals surface area contributed by atoms with Crippen molar-refractivity contribution in [2.75, 3.05) is 178 Å². The molecule has 33 nitrogen and oxygen atoms in total. The van der Waals surface area contributed by atoms with Crippen molar-refractivity contribution >= 4 is 17.7 Å². The molecule has 488 valence electrons. The van der Waals surface area contributed by atoms with Crippen LogP contribution in [0.4, 0.5) is 0 Å². The number of aliphatic hydroxyl groups excluding tert-OH is 12. The van der Waals surface area contributed by atoms with Gasteiger partial charge in [0.05, 0.1) is 159 Å². The van der Waals surface area contributed by atoms with E-state index in [1.165, 1.54) is 0 Å². The van der Waals surface area contributed by atoms with Crippen LogP contribution in [0.2, 0.25) is 0 Å². The first kappa shape index (κ1) is 74.6. The first-order valence-electron chi connectivity index (χ1n) is 27.7. The molecule has 83 heavy (non-hydrogen) atoms. The average molecular weight is 1220 g/mol. The van der Waals surface area contributed by atoms with Crippen LogP contribution in [0.1, 0.15) is 26.2 Å². The first-order valence-corrected chi connectivity index (χ1v) is 27.7. The number of hydrogen-bond donors (Lipinski definition) is 15. The molecule has 0 radical (unpaired) electrons. The molecule has 0 aliphatic carbocycles. The smallest absolute Gasteiger partial charge is 0.222 e. The minimum Gasteiger partial charge on any atom is -0.394 e. The zero-order valence-corrected chi connectivity index (χ0v) is 47.1. The number of amides is 3. The number of hydrogen-bond acceptors (Lipinski definition) is 30. The summed E-state index contributed by atoms with van der Waals surface area (Å²) in [5, 5.41) is 125. The number of nitrogens with one attached hydrogen (secondary N) is 3. The van der Waals surface area contributed by atoms with Crippen LogP contribution in [0.25, 0.3) is 0 Å². The van der Waals surface area contributed by atoms with Crippen molar-refractivity contribution in [2.45, 2.75) is 118 Å². The zero-order valence-electron chi connectivity index (χ0n) is 47.1. The van der Waals surface area contributed by atoms with Crippen LogP contribution in [0.5, 0.6) is 0 Å². The monoisotopic (exact) mass is 1220 g/mol. The van der Waals surface area contributed by atoms with Crippen LogP contribution < -0.4 is 16.0 Å². The fourth-order valence-corrected chi connectivity index (χ4v) is 7.88. The Bertz CT molecular complexity index is 1500. The molecule has 0 aromatic heterocycles. The lowest BCUT2D eigenvalue weighted by atomic mass is 9.94. The SMILES string of the molecule is CC(COCCC(=O)NCCOCCOCCO[C@H]1OC(CO)[C@@H](O)C(O)C1O)(COCCC(=O)NCCOCCOCCO[C@H]1OC(CO)[C@@H](O)C(O)C1O)COCCC(=O)NCCOCCOCCO[C@H]1OC(CO)[C@@H](O)C(O)C1O. The van der Waals surface area contributed by atoms with Gasteiger partial charge in [0.2, 0.25) is 17.7 Å². The Balaban J connectivity index is 1.26. The van der Waals surface area contributed by atoms with E-state index in [0.717, 1.165) is 0 Å². The zero-order chi connectivity index (χ0) is 60.8. The molecule has 33 heteroatoms. The van der Waals surface area contributed by atoms with Crippen molar-refractivity contribution in [2.24, 2.45) is 5.41 Å². The topological polar surface area (TPSA) is 469 Å². The summed E-state index contributed by atoms with van der Waals surface area (Å²) >= 11 is 0. The molecule has 0 spiro atoms.